The lowest BCUT2D eigenvalue weighted by Crippen LogP contribution is -2.42. The summed E-state index contributed by atoms with van der Waals surface area (Å²) in [4.78, 5) is 11.9. The molecule has 2 aliphatic rings. The number of nitrogens with one attached hydrogen (secondary N) is 1. The molecule has 80 valence electrons. The molecule has 2 heterocycles. The van der Waals surface area contributed by atoms with Gasteiger partial charge in [0.05, 0.1) is 12.0 Å². The lowest BCUT2D eigenvalue weighted by atomic mass is 9.72. The van der Waals surface area contributed by atoms with Crippen molar-refractivity contribution in [2.75, 3.05) is 6.61 Å². The molecule has 0 saturated carbocycles. The summed E-state index contributed by atoms with van der Waals surface area (Å²) in [5.41, 5.74) is -0.209. The third kappa shape index (κ3) is 1.26. The molecule has 2 rings (SSSR count). The van der Waals surface area contributed by atoms with Gasteiger partial charge in [-0.3, -0.25) is 4.79 Å². The minimum absolute atomic E-state index is 0.0159. The van der Waals surface area contributed by atoms with Gasteiger partial charge in [0, 0.05) is 12.1 Å². The number of hydrogen-bond acceptors (Lipinski definition) is 3. The molecule has 14 heavy (non-hydrogen) atoms. The predicted molar refractivity (Wildman–Crippen MR) is 53.9 cm³/mol. The maximum atomic E-state index is 11.9. The molecule has 2 bridgehead atoms. The van der Waals surface area contributed by atoms with Gasteiger partial charge in [-0.2, -0.15) is 0 Å². The third-order valence-electron chi connectivity index (χ3n) is 3.83. The highest BCUT2D eigenvalue weighted by Crippen LogP contribution is 2.46. The molecular formula is C11H19NO2. The summed E-state index contributed by atoms with van der Waals surface area (Å²) >= 11 is 0. The summed E-state index contributed by atoms with van der Waals surface area (Å²) < 4.78 is 5.19. The van der Waals surface area contributed by atoms with E-state index >= 15 is 0 Å². The molecule has 0 aromatic heterocycles. The second kappa shape index (κ2) is 3.54. The van der Waals surface area contributed by atoms with Crippen LogP contribution in [-0.4, -0.2) is 24.7 Å². The van der Waals surface area contributed by atoms with Crippen molar-refractivity contribution in [2.45, 2.75) is 51.6 Å². The van der Waals surface area contributed by atoms with Crippen LogP contribution in [0.4, 0.5) is 0 Å². The van der Waals surface area contributed by atoms with Gasteiger partial charge < -0.3 is 10.1 Å². The number of carbonyl (C=O) groups is 1. The van der Waals surface area contributed by atoms with Gasteiger partial charge in [0.2, 0.25) is 0 Å². The van der Waals surface area contributed by atoms with Crippen LogP contribution in [0.2, 0.25) is 0 Å². The first-order chi connectivity index (χ1) is 6.73. The van der Waals surface area contributed by atoms with E-state index in [2.05, 4.69) is 12.2 Å². The Kier molecular flexibility index (Phi) is 2.52. The molecule has 0 aliphatic carbocycles. The maximum Gasteiger partial charge on any atom is 0.313 e. The lowest BCUT2D eigenvalue weighted by Gasteiger charge is -2.32. The quantitative estimate of drug-likeness (QED) is 0.696. The normalized spacial score (nSPS) is 40.1. The van der Waals surface area contributed by atoms with E-state index in [9.17, 15) is 4.79 Å². The highest BCUT2D eigenvalue weighted by molar-refractivity contribution is 5.78. The van der Waals surface area contributed by atoms with Gasteiger partial charge in [-0.1, -0.05) is 6.92 Å². The minimum atomic E-state index is -0.209. The summed E-state index contributed by atoms with van der Waals surface area (Å²) in [6.07, 6.45) is 4.25. The average Bonchev–Trinajstić information content (AvgIpc) is 2.77. The highest BCUT2D eigenvalue weighted by atomic mass is 16.5. The Bertz CT molecular complexity index is 241. The molecule has 1 N–H and O–H groups in total. The molecule has 0 radical (unpaired) electrons. The summed E-state index contributed by atoms with van der Waals surface area (Å²) in [6.45, 7) is 4.47. The van der Waals surface area contributed by atoms with Crippen LogP contribution in [0.3, 0.4) is 0 Å². The van der Waals surface area contributed by atoms with Crippen LogP contribution in [0.5, 0.6) is 0 Å². The van der Waals surface area contributed by atoms with Crippen LogP contribution in [0.1, 0.15) is 39.5 Å². The predicted octanol–water partition coefficient (Wildman–Crippen LogP) is 1.47. The van der Waals surface area contributed by atoms with E-state index in [4.69, 9.17) is 4.74 Å². The number of rotatable bonds is 3. The van der Waals surface area contributed by atoms with Crippen molar-refractivity contribution in [1.29, 1.82) is 0 Å². The van der Waals surface area contributed by atoms with Crippen LogP contribution in [0.25, 0.3) is 0 Å². The first-order valence-corrected chi connectivity index (χ1v) is 5.66. The number of ether oxygens (including phenoxy) is 1. The SMILES string of the molecule is CCOC(=O)[C@@]1(CC)C[C@H]2CC[C@@H]1N2. The van der Waals surface area contributed by atoms with Gasteiger partial charge in [0.25, 0.3) is 0 Å². The van der Waals surface area contributed by atoms with Crippen molar-refractivity contribution in [3.63, 3.8) is 0 Å². The Morgan fingerprint density at radius 3 is 2.71 bits per heavy atom. The standard InChI is InChI=1S/C11H19NO2/c1-3-11(10(13)14-4-2)7-8-5-6-9(11)12-8/h8-9,12H,3-7H2,1-2H3/t8-,9+,11+/m1/s1. The third-order valence-corrected chi connectivity index (χ3v) is 3.83. The molecular weight excluding hydrogens is 178 g/mol. The van der Waals surface area contributed by atoms with Crippen molar-refractivity contribution in [3.05, 3.63) is 0 Å². The molecule has 0 aromatic rings. The van der Waals surface area contributed by atoms with Gasteiger partial charge >= 0.3 is 5.97 Å². The van der Waals surface area contributed by atoms with Crippen molar-refractivity contribution in [2.24, 2.45) is 5.41 Å². The summed E-state index contributed by atoms with van der Waals surface area (Å²) in [7, 11) is 0. The van der Waals surface area contributed by atoms with Crippen LogP contribution < -0.4 is 5.32 Å². The molecule has 2 fully saturated rings. The molecule has 0 aromatic carbocycles. The topological polar surface area (TPSA) is 38.3 Å². The smallest absolute Gasteiger partial charge is 0.313 e. The van der Waals surface area contributed by atoms with E-state index in [1.165, 1.54) is 6.42 Å². The van der Waals surface area contributed by atoms with Crippen molar-refractivity contribution < 1.29 is 9.53 Å². The second-order valence-electron chi connectivity index (χ2n) is 4.43. The van der Waals surface area contributed by atoms with Gasteiger partial charge in [-0.15, -0.1) is 0 Å². The molecule has 2 saturated heterocycles. The first-order valence-electron chi connectivity index (χ1n) is 5.66. The van der Waals surface area contributed by atoms with E-state index in [-0.39, 0.29) is 11.4 Å². The van der Waals surface area contributed by atoms with Crippen molar-refractivity contribution >= 4 is 5.97 Å². The summed E-state index contributed by atoms with van der Waals surface area (Å²) in [5.74, 6) is 0.0159. The number of fused-ring (bicyclic) bond motifs is 2. The minimum Gasteiger partial charge on any atom is -0.466 e. The Balaban J connectivity index is 2.14. The molecule has 0 unspecified atom stereocenters. The van der Waals surface area contributed by atoms with E-state index in [1.54, 1.807) is 0 Å². The van der Waals surface area contributed by atoms with E-state index in [0.29, 0.717) is 18.7 Å². The fourth-order valence-electron chi connectivity index (χ4n) is 3.03. The highest BCUT2D eigenvalue weighted by Gasteiger charge is 2.55. The molecule has 0 amide bonds. The van der Waals surface area contributed by atoms with Gasteiger partial charge in [-0.25, -0.2) is 0 Å². The monoisotopic (exact) mass is 197 g/mol. The molecule has 3 atom stereocenters. The molecule has 3 heteroatoms. The van der Waals surface area contributed by atoms with Gasteiger partial charge in [0.1, 0.15) is 0 Å². The number of hydrogen-bond donors (Lipinski definition) is 1. The zero-order valence-electron chi connectivity index (χ0n) is 9.01. The fraction of sp³-hybridized carbons (Fsp3) is 0.909. The van der Waals surface area contributed by atoms with Crippen LogP contribution in [0.15, 0.2) is 0 Å². The second-order valence-corrected chi connectivity index (χ2v) is 4.43. The van der Waals surface area contributed by atoms with Crippen LogP contribution in [0, 0.1) is 5.41 Å². The first kappa shape index (κ1) is 9.97. The Morgan fingerprint density at radius 2 is 2.29 bits per heavy atom. The zero-order valence-corrected chi connectivity index (χ0v) is 9.01. The van der Waals surface area contributed by atoms with E-state index in [0.717, 1.165) is 19.3 Å². The fourth-order valence-corrected chi connectivity index (χ4v) is 3.03. The molecule has 0 spiro atoms. The van der Waals surface area contributed by atoms with E-state index < -0.39 is 0 Å². The maximum absolute atomic E-state index is 11.9. The van der Waals surface area contributed by atoms with Crippen LogP contribution in [-0.2, 0) is 9.53 Å². The van der Waals surface area contributed by atoms with Gasteiger partial charge in [-0.05, 0) is 32.6 Å². The largest absolute Gasteiger partial charge is 0.466 e. The van der Waals surface area contributed by atoms with Crippen molar-refractivity contribution in [3.8, 4) is 0 Å². The van der Waals surface area contributed by atoms with Crippen molar-refractivity contribution in [1.82, 2.24) is 5.32 Å². The van der Waals surface area contributed by atoms with E-state index in [1.807, 2.05) is 6.92 Å². The summed E-state index contributed by atoms with van der Waals surface area (Å²) in [6, 6.07) is 0.931. The zero-order chi connectivity index (χ0) is 10.2. The molecule has 2 aliphatic heterocycles. The Labute approximate surface area is 85.2 Å². The van der Waals surface area contributed by atoms with Crippen LogP contribution >= 0.6 is 0 Å². The molecule has 3 nitrogen and oxygen atoms in total. The van der Waals surface area contributed by atoms with Gasteiger partial charge in [0.15, 0.2) is 0 Å². The average molecular weight is 197 g/mol. The Hall–Kier alpha value is -0.570. The number of carbonyl (C=O) groups excluding carboxylic acids is 1. The lowest BCUT2D eigenvalue weighted by molar-refractivity contribution is -0.157. The number of esters is 1. The Morgan fingerprint density at radius 1 is 1.50 bits per heavy atom. The summed E-state index contributed by atoms with van der Waals surface area (Å²) in [5, 5.41) is 3.51.